The molecule has 8 heteroatoms. The minimum atomic E-state index is -0.302. The van der Waals surface area contributed by atoms with Crippen LogP contribution in [-0.2, 0) is 11.2 Å². The van der Waals surface area contributed by atoms with Crippen LogP contribution in [0.3, 0.4) is 0 Å². The van der Waals surface area contributed by atoms with Gasteiger partial charge < -0.3 is 24.3 Å². The zero-order chi connectivity index (χ0) is 19.0. The fraction of sp³-hybridized carbons (Fsp3) is 0.263. The second-order valence-electron chi connectivity index (χ2n) is 6.13. The minimum absolute atomic E-state index is 0.0577. The van der Waals surface area contributed by atoms with Crippen LogP contribution in [0.1, 0.15) is 22.8 Å². The molecule has 2 aliphatic heterocycles. The lowest BCUT2D eigenvalue weighted by Crippen LogP contribution is -2.18. The molecule has 27 heavy (non-hydrogen) atoms. The molecule has 2 aromatic rings. The van der Waals surface area contributed by atoms with Crippen LogP contribution < -0.4 is 24.3 Å². The van der Waals surface area contributed by atoms with E-state index >= 15 is 0 Å². The van der Waals surface area contributed by atoms with Gasteiger partial charge in [-0.25, -0.2) is 0 Å². The molecule has 1 N–H and O–H groups in total. The number of hydrogen-bond acceptors (Lipinski definition) is 6. The van der Waals surface area contributed by atoms with Gasteiger partial charge in [0.2, 0.25) is 12.7 Å². The molecule has 7 nitrogen and oxygen atoms in total. The number of carbonyl (C=O) groups is 2. The van der Waals surface area contributed by atoms with Crippen molar-refractivity contribution in [2.75, 3.05) is 25.3 Å². The van der Waals surface area contributed by atoms with Crippen LogP contribution in [0.2, 0.25) is 5.02 Å². The summed E-state index contributed by atoms with van der Waals surface area (Å²) in [6, 6.07) is 6.56. The number of Topliss-reactive ketones (excluding diaryl/α,β-unsaturated/α-hetero) is 1. The molecule has 140 valence electrons. The summed E-state index contributed by atoms with van der Waals surface area (Å²) < 4.78 is 21.6. The minimum Gasteiger partial charge on any atom is -0.486 e. The summed E-state index contributed by atoms with van der Waals surface area (Å²) in [6.07, 6.45) is 0.0577. The van der Waals surface area contributed by atoms with Gasteiger partial charge >= 0.3 is 0 Å². The first-order valence-electron chi connectivity index (χ1n) is 8.33. The summed E-state index contributed by atoms with van der Waals surface area (Å²) in [6.45, 7) is 2.37. The van der Waals surface area contributed by atoms with E-state index in [1.807, 2.05) is 0 Å². The third-order valence-corrected chi connectivity index (χ3v) is 4.47. The molecule has 0 bridgehead atoms. The lowest BCUT2D eigenvalue weighted by atomic mass is 10.1. The Kier molecular flexibility index (Phi) is 4.53. The maximum Gasteiger partial charge on any atom is 0.231 e. The van der Waals surface area contributed by atoms with Crippen molar-refractivity contribution >= 4 is 29.0 Å². The molecule has 2 heterocycles. The Morgan fingerprint density at radius 1 is 1.00 bits per heavy atom. The van der Waals surface area contributed by atoms with E-state index in [0.29, 0.717) is 58.0 Å². The molecule has 0 saturated carbocycles. The van der Waals surface area contributed by atoms with Crippen molar-refractivity contribution in [2.45, 2.75) is 13.3 Å². The second kappa shape index (κ2) is 7.00. The molecule has 0 saturated heterocycles. The van der Waals surface area contributed by atoms with Crippen LogP contribution in [-0.4, -0.2) is 31.7 Å². The van der Waals surface area contributed by atoms with E-state index in [0.717, 1.165) is 0 Å². The fourth-order valence-electron chi connectivity index (χ4n) is 2.98. The first kappa shape index (κ1) is 17.5. The average molecular weight is 390 g/mol. The maximum absolute atomic E-state index is 12.5. The number of ether oxygens (including phenoxy) is 4. The van der Waals surface area contributed by atoms with Gasteiger partial charge in [-0.1, -0.05) is 11.6 Å². The smallest absolute Gasteiger partial charge is 0.231 e. The molecule has 0 spiro atoms. The zero-order valence-electron chi connectivity index (χ0n) is 14.5. The number of ketones is 1. The van der Waals surface area contributed by atoms with Crippen LogP contribution in [0, 0.1) is 0 Å². The quantitative estimate of drug-likeness (QED) is 0.808. The Hall–Kier alpha value is -2.93. The summed E-state index contributed by atoms with van der Waals surface area (Å²) in [5.74, 6) is 1.48. The summed E-state index contributed by atoms with van der Waals surface area (Å²) in [5, 5.41) is 3.15. The third kappa shape index (κ3) is 3.50. The van der Waals surface area contributed by atoms with E-state index in [-0.39, 0.29) is 24.9 Å². The molecular formula is C19H16ClNO6. The Morgan fingerprint density at radius 2 is 1.74 bits per heavy atom. The number of carbonyl (C=O) groups excluding carboxylic acids is 2. The Labute approximate surface area is 160 Å². The van der Waals surface area contributed by atoms with Crippen molar-refractivity contribution in [1.82, 2.24) is 0 Å². The SMILES string of the molecule is CC(=O)c1cc2c(cc1NC(=O)Cc1cc(Cl)c3c(c1)OCCO3)OCO2. The lowest BCUT2D eigenvalue weighted by molar-refractivity contribution is -0.115. The van der Waals surface area contributed by atoms with Crippen LogP contribution in [0.15, 0.2) is 24.3 Å². The molecule has 0 atom stereocenters. The summed E-state index contributed by atoms with van der Waals surface area (Å²) >= 11 is 6.21. The highest BCUT2D eigenvalue weighted by atomic mass is 35.5. The zero-order valence-corrected chi connectivity index (χ0v) is 15.2. The van der Waals surface area contributed by atoms with Crippen LogP contribution in [0.5, 0.6) is 23.0 Å². The number of halogens is 1. The molecule has 2 aliphatic rings. The van der Waals surface area contributed by atoms with Crippen molar-refractivity contribution in [3.63, 3.8) is 0 Å². The van der Waals surface area contributed by atoms with Crippen molar-refractivity contribution in [3.05, 3.63) is 40.4 Å². The van der Waals surface area contributed by atoms with E-state index in [1.165, 1.54) is 6.92 Å². The van der Waals surface area contributed by atoms with Crippen LogP contribution >= 0.6 is 11.6 Å². The predicted molar refractivity (Wildman–Crippen MR) is 97.3 cm³/mol. The standard InChI is InChI=1S/C19H16ClNO6/c1-10(22)12-7-15-16(27-9-26-15)8-14(12)21-18(23)6-11-4-13(20)19-17(5-11)24-2-3-25-19/h4-5,7-8H,2-3,6,9H2,1H3,(H,21,23). The lowest BCUT2D eigenvalue weighted by Gasteiger charge is -2.20. The van der Waals surface area contributed by atoms with Gasteiger partial charge in [-0.3, -0.25) is 9.59 Å². The van der Waals surface area contributed by atoms with E-state index in [1.54, 1.807) is 24.3 Å². The number of rotatable bonds is 4. The van der Waals surface area contributed by atoms with E-state index < -0.39 is 0 Å². The first-order valence-corrected chi connectivity index (χ1v) is 8.71. The molecule has 1 amide bonds. The molecule has 4 rings (SSSR count). The monoisotopic (exact) mass is 389 g/mol. The van der Waals surface area contributed by atoms with Crippen molar-refractivity contribution in [2.24, 2.45) is 0 Å². The normalized spacial score (nSPS) is 14.0. The molecule has 0 aromatic heterocycles. The number of benzene rings is 2. The molecule has 0 radical (unpaired) electrons. The highest BCUT2D eigenvalue weighted by Gasteiger charge is 2.21. The van der Waals surface area contributed by atoms with Gasteiger partial charge in [0.1, 0.15) is 13.2 Å². The summed E-state index contributed by atoms with van der Waals surface area (Å²) in [7, 11) is 0. The number of fused-ring (bicyclic) bond motifs is 2. The summed E-state index contributed by atoms with van der Waals surface area (Å²) in [4.78, 5) is 24.4. The molecule has 2 aromatic carbocycles. The van der Waals surface area contributed by atoms with E-state index in [4.69, 9.17) is 30.5 Å². The number of hydrogen-bond donors (Lipinski definition) is 1. The third-order valence-electron chi connectivity index (χ3n) is 4.19. The van der Waals surface area contributed by atoms with Crippen molar-refractivity contribution in [3.8, 4) is 23.0 Å². The molecule has 0 fully saturated rings. The predicted octanol–water partition coefficient (Wildman–Crippen LogP) is 3.22. The highest BCUT2D eigenvalue weighted by Crippen LogP contribution is 2.39. The van der Waals surface area contributed by atoms with Gasteiger partial charge in [-0.15, -0.1) is 0 Å². The Morgan fingerprint density at radius 3 is 2.52 bits per heavy atom. The number of nitrogens with one attached hydrogen (secondary N) is 1. The Balaban J connectivity index is 1.55. The van der Waals surface area contributed by atoms with Gasteiger partial charge in [-0.2, -0.15) is 0 Å². The van der Waals surface area contributed by atoms with Crippen LogP contribution in [0.4, 0.5) is 5.69 Å². The average Bonchev–Trinajstić information content (AvgIpc) is 3.08. The largest absolute Gasteiger partial charge is 0.486 e. The highest BCUT2D eigenvalue weighted by molar-refractivity contribution is 6.32. The topological polar surface area (TPSA) is 83.1 Å². The number of anilines is 1. The van der Waals surface area contributed by atoms with Gasteiger partial charge in [0.25, 0.3) is 0 Å². The first-order chi connectivity index (χ1) is 13.0. The van der Waals surface area contributed by atoms with Gasteiger partial charge in [0.15, 0.2) is 28.8 Å². The van der Waals surface area contributed by atoms with Crippen molar-refractivity contribution in [1.29, 1.82) is 0 Å². The van der Waals surface area contributed by atoms with E-state index in [9.17, 15) is 9.59 Å². The molecule has 0 unspecified atom stereocenters. The van der Waals surface area contributed by atoms with Crippen LogP contribution in [0.25, 0.3) is 0 Å². The van der Waals surface area contributed by atoms with Crippen molar-refractivity contribution < 1.29 is 28.5 Å². The van der Waals surface area contributed by atoms with Gasteiger partial charge in [0.05, 0.1) is 17.1 Å². The second-order valence-corrected chi connectivity index (χ2v) is 6.54. The molecular weight excluding hydrogens is 374 g/mol. The molecule has 0 aliphatic carbocycles. The number of amides is 1. The van der Waals surface area contributed by atoms with E-state index in [2.05, 4.69) is 5.32 Å². The summed E-state index contributed by atoms with van der Waals surface area (Å²) in [5.41, 5.74) is 1.40. The fourth-order valence-corrected chi connectivity index (χ4v) is 3.27. The maximum atomic E-state index is 12.5. The van der Waals surface area contributed by atoms with Gasteiger partial charge in [-0.05, 0) is 30.7 Å². The Bertz CT molecular complexity index is 942. The van der Waals surface area contributed by atoms with Gasteiger partial charge in [0, 0.05) is 11.6 Å².